The Kier molecular flexibility index (Phi) is 2.94. The molecule has 94 valence electrons. The summed E-state index contributed by atoms with van der Waals surface area (Å²) in [6, 6.07) is 14.7. The lowest BCUT2D eigenvalue weighted by Gasteiger charge is -2.08. The predicted octanol–water partition coefficient (Wildman–Crippen LogP) is 2.28. The number of nitrogens with zero attached hydrogens (tertiary/aromatic N) is 3. The molecule has 0 spiro atoms. The number of carbonyl (C=O) groups excluding carboxylic acids is 1. The molecule has 0 aliphatic heterocycles. The summed E-state index contributed by atoms with van der Waals surface area (Å²) in [5, 5.41) is 8.06. The molecule has 5 nitrogen and oxygen atoms in total. The number of hydrogen-bond donors (Lipinski definition) is 0. The number of carbonyl (C=O) groups is 1. The highest BCUT2D eigenvalue weighted by Gasteiger charge is 2.05. The van der Waals surface area contributed by atoms with Crippen LogP contribution in [-0.2, 0) is 6.73 Å². The fourth-order valence-electron chi connectivity index (χ4n) is 1.85. The number of rotatable bonds is 4. The molecule has 0 atom stereocenters. The van der Waals surface area contributed by atoms with Crippen LogP contribution in [0.1, 0.15) is 10.4 Å². The number of hydrogen-bond acceptors (Lipinski definition) is 4. The predicted molar refractivity (Wildman–Crippen MR) is 70.0 cm³/mol. The second-order valence-electron chi connectivity index (χ2n) is 4.01. The van der Waals surface area contributed by atoms with Gasteiger partial charge in [-0.05, 0) is 24.3 Å². The zero-order valence-electron chi connectivity index (χ0n) is 10.1. The smallest absolute Gasteiger partial charge is 0.183 e. The van der Waals surface area contributed by atoms with E-state index in [-0.39, 0.29) is 6.73 Å². The average molecular weight is 253 g/mol. The Labute approximate surface area is 109 Å². The number of aromatic nitrogens is 3. The molecular weight excluding hydrogens is 242 g/mol. The molecule has 0 fully saturated rings. The van der Waals surface area contributed by atoms with Gasteiger partial charge in [0, 0.05) is 0 Å². The van der Waals surface area contributed by atoms with Crippen molar-refractivity contribution in [2.75, 3.05) is 0 Å². The van der Waals surface area contributed by atoms with E-state index in [4.69, 9.17) is 4.74 Å². The molecule has 1 aromatic heterocycles. The molecule has 5 heteroatoms. The third-order valence-electron chi connectivity index (χ3n) is 2.81. The normalized spacial score (nSPS) is 10.5. The minimum atomic E-state index is 0.214. The second-order valence-corrected chi connectivity index (χ2v) is 4.01. The van der Waals surface area contributed by atoms with E-state index < -0.39 is 0 Å². The zero-order valence-corrected chi connectivity index (χ0v) is 10.1. The third kappa shape index (κ3) is 2.18. The number of aldehydes is 1. The van der Waals surface area contributed by atoms with Crippen molar-refractivity contribution < 1.29 is 9.53 Å². The monoisotopic (exact) mass is 253 g/mol. The van der Waals surface area contributed by atoms with Crippen molar-refractivity contribution in [1.29, 1.82) is 0 Å². The summed E-state index contributed by atoms with van der Waals surface area (Å²) in [5.41, 5.74) is 2.23. The van der Waals surface area contributed by atoms with Crippen molar-refractivity contribution in [2.24, 2.45) is 0 Å². The SMILES string of the molecule is O=Cc1ccccc1OCn1nnc2ccccc21. The topological polar surface area (TPSA) is 57.0 Å². The first-order valence-corrected chi connectivity index (χ1v) is 5.84. The minimum Gasteiger partial charge on any atom is -0.470 e. The number of para-hydroxylation sites is 2. The van der Waals surface area contributed by atoms with E-state index in [1.54, 1.807) is 22.9 Å². The van der Waals surface area contributed by atoms with Gasteiger partial charge in [0.2, 0.25) is 0 Å². The van der Waals surface area contributed by atoms with Crippen LogP contribution in [0.3, 0.4) is 0 Å². The van der Waals surface area contributed by atoms with E-state index in [2.05, 4.69) is 10.3 Å². The molecule has 0 unspecified atom stereocenters. The summed E-state index contributed by atoms with van der Waals surface area (Å²) >= 11 is 0. The molecular formula is C14H11N3O2. The van der Waals surface area contributed by atoms with Crippen molar-refractivity contribution in [3.63, 3.8) is 0 Å². The first-order valence-electron chi connectivity index (χ1n) is 5.84. The van der Waals surface area contributed by atoms with Crippen LogP contribution < -0.4 is 4.74 Å². The lowest BCUT2D eigenvalue weighted by Crippen LogP contribution is -2.07. The number of benzene rings is 2. The molecule has 3 aromatic rings. The van der Waals surface area contributed by atoms with E-state index >= 15 is 0 Å². The fourth-order valence-corrected chi connectivity index (χ4v) is 1.85. The van der Waals surface area contributed by atoms with E-state index in [1.807, 2.05) is 30.3 Å². The van der Waals surface area contributed by atoms with E-state index in [0.29, 0.717) is 11.3 Å². The van der Waals surface area contributed by atoms with Crippen molar-refractivity contribution in [3.05, 3.63) is 54.1 Å². The third-order valence-corrected chi connectivity index (χ3v) is 2.81. The molecule has 0 saturated carbocycles. The minimum absolute atomic E-state index is 0.214. The van der Waals surface area contributed by atoms with Gasteiger partial charge in [-0.1, -0.05) is 29.5 Å². The van der Waals surface area contributed by atoms with Gasteiger partial charge in [0.1, 0.15) is 11.3 Å². The number of ether oxygens (including phenoxy) is 1. The van der Waals surface area contributed by atoms with Crippen molar-refractivity contribution in [3.8, 4) is 5.75 Å². The average Bonchev–Trinajstić information content (AvgIpc) is 2.89. The summed E-state index contributed by atoms with van der Waals surface area (Å²) in [4.78, 5) is 10.9. The Morgan fingerprint density at radius 3 is 2.79 bits per heavy atom. The van der Waals surface area contributed by atoms with Gasteiger partial charge in [-0.3, -0.25) is 4.79 Å². The van der Waals surface area contributed by atoms with Crippen LogP contribution in [0, 0.1) is 0 Å². The standard InChI is InChI=1S/C14H11N3O2/c18-9-11-5-1-4-8-14(11)19-10-17-13-7-3-2-6-12(13)15-16-17/h1-9H,10H2. The number of fused-ring (bicyclic) bond motifs is 1. The van der Waals surface area contributed by atoms with Gasteiger partial charge in [0.15, 0.2) is 13.0 Å². The Morgan fingerprint density at radius 2 is 1.89 bits per heavy atom. The molecule has 0 radical (unpaired) electrons. The Balaban J connectivity index is 1.84. The van der Waals surface area contributed by atoms with Crippen LogP contribution in [0.15, 0.2) is 48.5 Å². The Bertz CT molecular complexity index is 721. The van der Waals surface area contributed by atoms with Gasteiger partial charge in [0.25, 0.3) is 0 Å². The molecule has 0 bridgehead atoms. The fraction of sp³-hybridized carbons (Fsp3) is 0.0714. The maximum absolute atomic E-state index is 10.9. The summed E-state index contributed by atoms with van der Waals surface area (Å²) < 4.78 is 7.26. The van der Waals surface area contributed by atoms with Crippen LogP contribution in [-0.4, -0.2) is 21.3 Å². The van der Waals surface area contributed by atoms with E-state index in [1.165, 1.54) is 0 Å². The van der Waals surface area contributed by atoms with Gasteiger partial charge in [0.05, 0.1) is 11.1 Å². The quantitative estimate of drug-likeness (QED) is 0.669. The summed E-state index contributed by atoms with van der Waals surface area (Å²) in [6.45, 7) is 0.214. The highest BCUT2D eigenvalue weighted by molar-refractivity contribution is 5.79. The van der Waals surface area contributed by atoms with Crippen LogP contribution in [0.4, 0.5) is 0 Å². The van der Waals surface area contributed by atoms with E-state index in [0.717, 1.165) is 17.3 Å². The molecule has 2 aromatic carbocycles. The highest BCUT2D eigenvalue weighted by atomic mass is 16.5. The molecule has 0 saturated heterocycles. The van der Waals surface area contributed by atoms with Crippen LogP contribution in [0.2, 0.25) is 0 Å². The highest BCUT2D eigenvalue weighted by Crippen LogP contribution is 2.17. The van der Waals surface area contributed by atoms with Crippen LogP contribution in [0.25, 0.3) is 11.0 Å². The Hall–Kier alpha value is -2.69. The first kappa shape index (κ1) is 11.4. The molecule has 0 amide bonds. The molecule has 19 heavy (non-hydrogen) atoms. The lowest BCUT2D eigenvalue weighted by atomic mass is 10.2. The van der Waals surface area contributed by atoms with Crippen LogP contribution in [0.5, 0.6) is 5.75 Å². The van der Waals surface area contributed by atoms with Gasteiger partial charge in [-0.25, -0.2) is 4.68 Å². The van der Waals surface area contributed by atoms with Gasteiger partial charge in [-0.2, -0.15) is 0 Å². The van der Waals surface area contributed by atoms with Gasteiger partial charge in [-0.15, -0.1) is 5.10 Å². The van der Waals surface area contributed by atoms with Crippen molar-refractivity contribution in [2.45, 2.75) is 6.73 Å². The maximum Gasteiger partial charge on any atom is 0.183 e. The summed E-state index contributed by atoms with van der Waals surface area (Å²) in [7, 11) is 0. The maximum atomic E-state index is 10.9. The van der Waals surface area contributed by atoms with Crippen LogP contribution >= 0.6 is 0 Å². The van der Waals surface area contributed by atoms with Crippen molar-refractivity contribution >= 4 is 17.3 Å². The molecule has 0 N–H and O–H groups in total. The largest absolute Gasteiger partial charge is 0.470 e. The molecule has 1 heterocycles. The second kappa shape index (κ2) is 4.89. The lowest BCUT2D eigenvalue weighted by molar-refractivity contribution is 0.111. The molecule has 3 rings (SSSR count). The zero-order chi connectivity index (χ0) is 13.1. The molecule has 0 aliphatic carbocycles. The Morgan fingerprint density at radius 1 is 1.11 bits per heavy atom. The van der Waals surface area contributed by atoms with E-state index in [9.17, 15) is 4.79 Å². The van der Waals surface area contributed by atoms with Crippen molar-refractivity contribution in [1.82, 2.24) is 15.0 Å². The first-order chi connectivity index (χ1) is 9.38. The summed E-state index contributed by atoms with van der Waals surface area (Å²) in [6.07, 6.45) is 0.773. The van der Waals surface area contributed by atoms with Gasteiger partial charge < -0.3 is 4.74 Å². The molecule has 0 aliphatic rings. The summed E-state index contributed by atoms with van der Waals surface area (Å²) in [5.74, 6) is 0.539. The van der Waals surface area contributed by atoms with Gasteiger partial charge >= 0.3 is 0 Å².